The zero-order valence-electron chi connectivity index (χ0n) is 13.3. The van der Waals surface area contributed by atoms with Crippen molar-refractivity contribution >= 4 is 22.6 Å². The van der Waals surface area contributed by atoms with Gasteiger partial charge >= 0.3 is 5.63 Å². The molecule has 0 aliphatic heterocycles. The molecule has 0 unspecified atom stereocenters. The maximum Gasteiger partial charge on any atom is 0.337 e. The number of rotatable bonds is 4. The Morgan fingerprint density at radius 3 is 2.79 bits per heavy atom. The van der Waals surface area contributed by atoms with E-state index in [4.69, 9.17) is 9.15 Å². The average molecular weight is 324 g/mol. The number of amides is 1. The molecule has 24 heavy (non-hydrogen) atoms. The number of nitrogens with zero attached hydrogens (tertiary/aromatic N) is 1. The number of hydrogen-bond donors (Lipinski definition) is 1. The smallest absolute Gasteiger partial charge is 0.337 e. The maximum atomic E-state index is 12.5. The van der Waals surface area contributed by atoms with Gasteiger partial charge in [0, 0.05) is 23.7 Å². The molecule has 0 bridgehead atoms. The zero-order chi connectivity index (χ0) is 17.1. The van der Waals surface area contributed by atoms with Gasteiger partial charge in [-0.3, -0.25) is 9.78 Å². The van der Waals surface area contributed by atoms with Crippen LogP contribution in [0.2, 0.25) is 0 Å². The molecule has 0 aliphatic carbocycles. The predicted molar refractivity (Wildman–Crippen MR) is 90.4 cm³/mol. The van der Waals surface area contributed by atoms with Crippen molar-refractivity contribution in [2.24, 2.45) is 0 Å². The Bertz CT molecular complexity index is 933. The van der Waals surface area contributed by atoms with Crippen molar-refractivity contribution < 1.29 is 13.9 Å². The van der Waals surface area contributed by atoms with Crippen molar-refractivity contribution in [3.8, 4) is 5.75 Å². The minimum atomic E-state index is -0.597. The fraction of sp³-hybridized carbons (Fsp3) is 0.167. The Morgan fingerprint density at radius 1 is 1.25 bits per heavy atom. The number of ether oxygens (including phenoxy) is 1. The molecule has 2 heterocycles. The van der Waals surface area contributed by atoms with Crippen LogP contribution in [-0.4, -0.2) is 17.0 Å². The van der Waals surface area contributed by atoms with Gasteiger partial charge in [-0.2, -0.15) is 0 Å². The average Bonchev–Trinajstić information content (AvgIpc) is 2.54. The van der Waals surface area contributed by atoms with Crippen LogP contribution in [0.3, 0.4) is 0 Å². The number of aromatic nitrogens is 1. The van der Waals surface area contributed by atoms with E-state index >= 15 is 0 Å². The van der Waals surface area contributed by atoms with Gasteiger partial charge in [0.1, 0.15) is 11.3 Å². The number of carbonyl (C=O) groups excluding carboxylic acids is 1. The molecular weight excluding hydrogens is 308 g/mol. The van der Waals surface area contributed by atoms with Gasteiger partial charge in [-0.05, 0) is 38.1 Å². The Hall–Kier alpha value is -3.15. The fourth-order valence-electron chi connectivity index (χ4n) is 2.31. The fourth-order valence-corrected chi connectivity index (χ4v) is 2.31. The minimum absolute atomic E-state index is 0.00812. The molecule has 0 aliphatic rings. The van der Waals surface area contributed by atoms with Crippen molar-refractivity contribution in [2.45, 2.75) is 20.0 Å². The summed E-state index contributed by atoms with van der Waals surface area (Å²) in [4.78, 5) is 28.2. The lowest BCUT2D eigenvalue weighted by Gasteiger charge is -2.11. The van der Waals surface area contributed by atoms with Crippen LogP contribution in [0.5, 0.6) is 5.75 Å². The van der Waals surface area contributed by atoms with Gasteiger partial charge in [-0.25, -0.2) is 4.79 Å². The van der Waals surface area contributed by atoms with E-state index in [0.717, 1.165) is 0 Å². The van der Waals surface area contributed by atoms with Crippen LogP contribution < -0.4 is 15.7 Å². The van der Waals surface area contributed by atoms with Gasteiger partial charge in [0.25, 0.3) is 5.91 Å². The second-order valence-corrected chi connectivity index (χ2v) is 5.50. The van der Waals surface area contributed by atoms with Crippen molar-refractivity contribution in [1.82, 2.24) is 4.98 Å². The van der Waals surface area contributed by atoms with E-state index in [1.807, 2.05) is 13.8 Å². The lowest BCUT2D eigenvalue weighted by atomic mass is 10.1. The number of benzene rings is 1. The van der Waals surface area contributed by atoms with Gasteiger partial charge in [-0.1, -0.05) is 0 Å². The van der Waals surface area contributed by atoms with E-state index in [9.17, 15) is 9.59 Å². The van der Waals surface area contributed by atoms with E-state index in [1.54, 1.807) is 36.5 Å². The van der Waals surface area contributed by atoms with Crippen molar-refractivity contribution in [3.63, 3.8) is 0 Å². The topological polar surface area (TPSA) is 81.4 Å². The Morgan fingerprint density at radius 2 is 2.08 bits per heavy atom. The van der Waals surface area contributed by atoms with Crippen molar-refractivity contribution in [1.29, 1.82) is 0 Å². The first-order valence-electron chi connectivity index (χ1n) is 7.49. The summed E-state index contributed by atoms with van der Waals surface area (Å²) in [7, 11) is 0. The summed E-state index contributed by atoms with van der Waals surface area (Å²) in [6.07, 6.45) is 3.13. The van der Waals surface area contributed by atoms with Crippen LogP contribution in [0.1, 0.15) is 24.2 Å². The summed E-state index contributed by atoms with van der Waals surface area (Å²) < 4.78 is 10.8. The van der Waals surface area contributed by atoms with E-state index in [1.165, 1.54) is 12.3 Å². The summed E-state index contributed by atoms with van der Waals surface area (Å²) in [6.45, 7) is 3.80. The van der Waals surface area contributed by atoms with Crippen molar-refractivity contribution in [2.75, 3.05) is 5.32 Å². The van der Waals surface area contributed by atoms with E-state index in [-0.39, 0.29) is 11.7 Å². The lowest BCUT2D eigenvalue weighted by Crippen LogP contribution is -2.15. The molecule has 0 saturated heterocycles. The first kappa shape index (κ1) is 15.7. The molecule has 1 amide bonds. The van der Waals surface area contributed by atoms with Gasteiger partial charge < -0.3 is 14.5 Å². The first-order valence-corrected chi connectivity index (χ1v) is 7.49. The molecule has 0 atom stereocenters. The molecule has 3 rings (SSSR count). The van der Waals surface area contributed by atoms with Crippen LogP contribution in [0.4, 0.5) is 5.69 Å². The summed E-state index contributed by atoms with van der Waals surface area (Å²) >= 11 is 0. The predicted octanol–water partition coefficient (Wildman–Crippen LogP) is 3.23. The maximum absolute atomic E-state index is 12.5. The van der Waals surface area contributed by atoms with E-state index in [2.05, 4.69) is 10.3 Å². The van der Waals surface area contributed by atoms with Gasteiger partial charge in [0.05, 0.1) is 23.6 Å². The molecule has 0 spiro atoms. The number of nitrogens with one attached hydrogen (secondary N) is 1. The van der Waals surface area contributed by atoms with Crippen LogP contribution in [0.15, 0.2) is 58.0 Å². The van der Waals surface area contributed by atoms with Gasteiger partial charge in [0.15, 0.2) is 0 Å². The molecule has 122 valence electrons. The quantitative estimate of drug-likeness (QED) is 0.745. The molecule has 6 nitrogen and oxygen atoms in total. The van der Waals surface area contributed by atoms with Crippen LogP contribution >= 0.6 is 0 Å². The summed E-state index contributed by atoms with van der Waals surface area (Å²) in [5.41, 5.74) is 0.488. The van der Waals surface area contributed by atoms with Crippen LogP contribution in [0, 0.1) is 0 Å². The molecular formula is C18H16N2O4. The SMILES string of the molecule is CC(C)Oc1ccc2c(C(=O)Nc3cccnc3)cc(=O)oc2c1. The van der Waals surface area contributed by atoms with Gasteiger partial charge in [-0.15, -0.1) is 0 Å². The van der Waals surface area contributed by atoms with E-state index < -0.39 is 11.5 Å². The summed E-state index contributed by atoms with van der Waals surface area (Å²) in [5, 5.41) is 3.25. The second kappa shape index (κ2) is 6.54. The number of anilines is 1. The van der Waals surface area contributed by atoms with Crippen LogP contribution in [0.25, 0.3) is 11.0 Å². The minimum Gasteiger partial charge on any atom is -0.491 e. The summed E-state index contributed by atoms with van der Waals surface area (Å²) in [6, 6.07) is 9.65. The second-order valence-electron chi connectivity index (χ2n) is 5.50. The molecule has 6 heteroatoms. The highest BCUT2D eigenvalue weighted by Gasteiger charge is 2.14. The Kier molecular flexibility index (Phi) is 4.29. The number of fused-ring (bicyclic) bond motifs is 1. The Balaban J connectivity index is 2.01. The van der Waals surface area contributed by atoms with E-state index in [0.29, 0.717) is 22.4 Å². The zero-order valence-corrected chi connectivity index (χ0v) is 13.3. The highest BCUT2D eigenvalue weighted by Crippen LogP contribution is 2.24. The monoisotopic (exact) mass is 324 g/mol. The molecule has 1 aromatic carbocycles. The molecule has 0 fully saturated rings. The molecule has 1 N–H and O–H groups in total. The Labute approximate surface area is 138 Å². The summed E-state index contributed by atoms with van der Waals surface area (Å²) in [5.74, 6) is 0.170. The number of pyridine rings is 1. The molecule has 2 aromatic heterocycles. The van der Waals surface area contributed by atoms with Crippen molar-refractivity contribution in [3.05, 3.63) is 64.8 Å². The lowest BCUT2D eigenvalue weighted by molar-refractivity contribution is 0.102. The third-order valence-electron chi connectivity index (χ3n) is 3.25. The number of hydrogen-bond acceptors (Lipinski definition) is 5. The normalized spacial score (nSPS) is 10.8. The molecule has 3 aromatic rings. The van der Waals surface area contributed by atoms with Gasteiger partial charge in [0.2, 0.25) is 0 Å². The highest BCUT2D eigenvalue weighted by molar-refractivity contribution is 6.12. The third kappa shape index (κ3) is 3.43. The molecule has 0 saturated carbocycles. The number of carbonyl (C=O) groups is 1. The standard InChI is InChI=1S/C18H16N2O4/c1-11(2)23-13-5-6-14-15(9-17(21)24-16(14)8-13)18(22)20-12-4-3-7-19-10-12/h3-11H,1-2H3,(H,20,22). The van der Waals surface area contributed by atoms with Crippen LogP contribution in [-0.2, 0) is 0 Å². The third-order valence-corrected chi connectivity index (χ3v) is 3.25. The largest absolute Gasteiger partial charge is 0.491 e. The molecule has 0 radical (unpaired) electrons. The first-order chi connectivity index (χ1) is 11.5. The highest BCUT2D eigenvalue weighted by atomic mass is 16.5.